The minimum atomic E-state index is -0.933. The summed E-state index contributed by atoms with van der Waals surface area (Å²) in [5.41, 5.74) is 0.804. The standard InChI is InChI=1S/C21H19F2NO4/c1-4-28-21(27)11(2)17-12(3)24(15-8-9-16(25)19(23)18(15)17)20(26)13-6-5-7-14(22)10-13/h5-11,25H,4H2,1-3H3/t11-/m1/s1. The van der Waals surface area contributed by atoms with Crippen LogP contribution in [0.4, 0.5) is 8.78 Å². The number of fused-ring (bicyclic) bond motifs is 1. The minimum Gasteiger partial charge on any atom is -0.505 e. The van der Waals surface area contributed by atoms with E-state index in [9.17, 15) is 23.5 Å². The molecule has 1 heterocycles. The third kappa shape index (κ3) is 3.13. The van der Waals surface area contributed by atoms with Crippen molar-refractivity contribution in [2.24, 2.45) is 0 Å². The smallest absolute Gasteiger partial charge is 0.313 e. The van der Waals surface area contributed by atoms with E-state index in [1.165, 1.54) is 28.8 Å². The molecule has 3 aromatic rings. The molecule has 0 spiro atoms. The average molecular weight is 387 g/mol. The largest absolute Gasteiger partial charge is 0.505 e. The number of esters is 1. The zero-order chi connectivity index (χ0) is 20.6. The van der Waals surface area contributed by atoms with Crippen molar-refractivity contribution in [3.05, 3.63) is 64.9 Å². The average Bonchev–Trinajstić information content (AvgIpc) is 2.96. The lowest BCUT2D eigenvalue weighted by atomic mass is 9.97. The lowest BCUT2D eigenvalue weighted by molar-refractivity contribution is -0.144. The van der Waals surface area contributed by atoms with E-state index in [0.29, 0.717) is 5.69 Å². The van der Waals surface area contributed by atoms with E-state index < -0.39 is 35.2 Å². The van der Waals surface area contributed by atoms with E-state index in [1.807, 2.05) is 0 Å². The van der Waals surface area contributed by atoms with Gasteiger partial charge in [0.15, 0.2) is 11.6 Å². The first kappa shape index (κ1) is 19.5. The fourth-order valence-electron chi connectivity index (χ4n) is 3.41. The topological polar surface area (TPSA) is 68.5 Å². The highest BCUT2D eigenvalue weighted by molar-refractivity contribution is 6.05. The molecular weight excluding hydrogens is 368 g/mol. The van der Waals surface area contributed by atoms with Gasteiger partial charge in [-0.15, -0.1) is 0 Å². The Labute approximate surface area is 160 Å². The van der Waals surface area contributed by atoms with E-state index in [1.54, 1.807) is 20.8 Å². The normalized spacial score (nSPS) is 12.2. The molecule has 0 aliphatic carbocycles. The number of ether oxygens (including phenoxy) is 1. The van der Waals surface area contributed by atoms with Crippen LogP contribution in [-0.4, -0.2) is 28.2 Å². The van der Waals surface area contributed by atoms with Crippen LogP contribution in [0.2, 0.25) is 0 Å². The molecule has 0 saturated heterocycles. The molecular formula is C21H19F2NO4. The lowest BCUT2D eigenvalue weighted by Gasteiger charge is -2.12. The summed E-state index contributed by atoms with van der Waals surface area (Å²) in [5, 5.41) is 9.78. The number of aromatic nitrogens is 1. The molecule has 3 rings (SSSR count). The highest BCUT2D eigenvalue weighted by atomic mass is 19.1. The van der Waals surface area contributed by atoms with Crippen LogP contribution >= 0.6 is 0 Å². The number of hydrogen-bond acceptors (Lipinski definition) is 4. The van der Waals surface area contributed by atoms with Crippen molar-refractivity contribution in [3.8, 4) is 5.75 Å². The molecule has 0 saturated carbocycles. The molecule has 0 fully saturated rings. The molecule has 0 bridgehead atoms. The van der Waals surface area contributed by atoms with Crippen molar-refractivity contribution in [3.63, 3.8) is 0 Å². The molecule has 1 atom stereocenters. The quantitative estimate of drug-likeness (QED) is 0.678. The van der Waals surface area contributed by atoms with E-state index in [-0.39, 0.29) is 28.6 Å². The van der Waals surface area contributed by atoms with Crippen LogP contribution in [0.3, 0.4) is 0 Å². The number of phenolic OH excluding ortho intramolecular Hbond substituents is 1. The molecule has 1 N–H and O–H groups in total. The summed E-state index contributed by atoms with van der Waals surface area (Å²) < 4.78 is 34.6. The number of carbonyl (C=O) groups is 2. The fraction of sp³-hybridized carbons (Fsp3) is 0.238. The summed E-state index contributed by atoms with van der Waals surface area (Å²) in [6, 6.07) is 7.66. The van der Waals surface area contributed by atoms with Gasteiger partial charge >= 0.3 is 5.97 Å². The molecule has 146 valence electrons. The van der Waals surface area contributed by atoms with Gasteiger partial charge in [0.05, 0.1) is 18.0 Å². The van der Waals surface area contributed by atoms with E-state index in [0.717, 1.165) is 12.1 Å². The fourth-order valence-corrected chi connectivity index (χ4v) is 3.41. The Morgan fingerprint density at radius 2 is 1.93 bits per heavy atom. The van der Waals surface area contributed by atoms with Crippen molar-refractivity contribution in [2.45, 2.75) is 26.7 Å². The number of carbonyl (C=O) groups excluding carboxylic acids is 2. The second-order valence-electron chi connectivity index (χ2n) is 6.42. The van der Waals surface area contributed by atoms with Gasteiger partial charge in [0.1, 0.15) is 5.82 Å². The maximum absolute atomic E-state index is 14.8. The number of aromatic hydroxyl groups is 1. The van der Waals surface area contributed by atoms with Crippen LogP contribution in [0.5, 0.6) is 5.75 Å². The Morgan fingerprint density at radius 1 is 1.21 bits per heavy atom. The van der Waals surface area contributed by atoms with Crippen molar-refractivity contribution in [1.82, 2.24) is 4.57 Å². The van der Waals surface area contributed by atoms with Crippen LogP contribution in [0.15, 0.2) is 36.4 Å². The predicted octanol–water partition coefficient (Wildman–Crippen LogP) is 4.29. The first-order valence-electron chi connectivity index (χ1n) is 8.77. The SMILES string of the molecule is CCOC(=O)[C@H](C)c1c(C)n(C(=O)c2cccc(F)c2)c2ccc(O)c(F)c12. The number of rotatable bonds is 4. The van der Waals surface area contributed by atoms with Crippen LogP contribution < -0.4 is 0 Å². The summed E-state index contributed by atoms with van der Waals surface area (Å²) in [6.07, 6.45) is 0. The van der Waals surface area contributed by atoms with Gasteiger partial charge in [-0.25, -0.2) is 8.78 Å². The summed E-state index contributed by atoms with van der Waals surface area (Å²) in [7, 11) is 0. The Bertz CT molecular complexity index is 1090. The number of benzene rings is 2. The first-order chi connectivity index (χ1) is 13.3. The second kappa shape index (κ2) is 7.42. The molecule has 7 heteroatoms. The van der Waals surface area contributed by atoms with Crippen molar-refractivity contribution >= 4 is 22.8 Å². The molecule has 0 aliphatic heterocycles. The maximum Gasteiger partial charge on any atom is 0.313 e. The third-order valence-electron chi connectivity index (χ3n) is 4.68. The summed E-state index contributed by atoms with van der Waals surface area (Å²) >= 11 is 0. The molecule has 5 nitrogen and oxygen atoms in total. The number of phenols is 1. The number of hydrogen-bond donors (Lipinski definition) is 1. The van der Waals surface area contributed by atoms with Gasteiger partial charge in [-0.05, 0) is 56.7 Å². The Kier molecular flexibility index (Phi) is 5.18. The molecule has 0 radical (unpaired) electrons. The minimum absolute atomic E-state index is 0.0391. The van der Waals surface area contributed by atoms with Gasteiger partial charge in [-0.3, -0.25) is 14.2 Å². The van der Waals surface area contributed by atoms with Crippen molar-refractivity contribution in [2.75, 3.05) is 6.61 Å². The molecule has 2 aromatic carbocycles. The zero-order valence-corrected chi connectivity index (χ0v) is 15.6. The van der Waals surface area contributed by atoms with Gasteiger partial charge in [-0.1, -0.05) is 6.07 Å². The summed E-state index contributed by atoms with van der Waals surface area (Å²) in [5.74, 6) is -4.14. The molecule has 0 aliphatic rings. The van der Waals surface area contributed by atoms with E-state index in [4.69, 9.17) is 4.74 Å². The van der Waals surface area contributed by atoms with Crippen LogP contribution in [0.1, 0.15) is 41.4 Å². The summed E-state index contributed by atoms with van der Waals surface area (Å²) in [6.45, 7) is 4.91. The Morgan fingerprint density at radius 3 is 2.57 bits per heavy atom. The molecule has 0 unspecified atom stereocenters. The van der Waals surface area contributed by atoms with E-state index >= 15 is 0 Å². The van der Waals surface area contributed by atoms with Gasteiger partial charge in [-0.2, -0.15) is 0 Å². The lowest BCUT2D eigenvalue weighted by Crippen LogP contribution is -2.16. The number of nitrogens with zero attached hydrogens (tertiary/aromatic N) is 1. The predicted molar refractivity (Wildman–Crippen MR) is 99.5 cm³/mol. The van der Waals surface area contributed by atoms with Gasteiger partial charge in [0, 0.05) is 16.6 Å². The second-order valence-corrected chi connectivity index (χ2v) is 6.42. The molecule has 0 amide bonds. The van der Waals surface area contributed by atoms with Gasteiger partial charge in [0.25, 0.3) is 5.91 Å². The highest BCUT2D eigenvalue weighted by Gasteiger charge is 2.30. The first-order valence-corrected chi connectivity index (χ1v) is 8.77. The summed E-state index contributed by atoms with van der Waals surface area (Å²) in [4.78, 5) is 25.3. The Hall–Kier alpha value is -3.22. The highest BCUT2D eigenvalue weighted by Crippen LogP contribution is 2.37. The molecule has 28 heavy (non-hydrogen) atoms. The van der Waals surface area contributed by atoms with E-state index in [2.05, 4.69) is 0 Å². The maximum atomic E-state index is 14.8. The number of halogens is 2. The van der Waals surface area contributed by atoms with Gasteiger partial charge in [0.2, 0.25) is 0 Å². The van der Waals surface area contributed by atoms with Crippen molar-refractivity contribution < 1.29 is 28.2 Å². The van der Waals surface area contributed by atoms with Crippen LogP contribution in [-0.2, 0) is 9.53 Å². The zero-order valence-electron chi connectivity index (χ0n) is 15.6. The monoisotopic (exact) mass is 387 g/mol. The molecule has 1 aromatic heterocycles. The van der Waals surface area contributed by atoms with Crippen LogP contribution in [0, 0.1) is 18.6 Å². The Balaban J connectivity index is 2.30. The van der Waals surface area contributed by atoms with Crippen molar-refractivity contribution in [1.29, 1.82) is 0 Å². The third-order valence-corrected chi connectivity index (χ3v) is 4.68. The van der Waals surface area contributed by atoms with Gasteiger partial charge < -0.3 is 9.84 Å². The van der Waals surface area contributed by atoms with Crippen LogP contribution in [0.25, 0.3) is 10.9 Å².